The highest BCUT2D eigenvalue weighted by molar-refractivity contribution is 5.43. The summed E-state index contributed by atoms with van der Waals surface area (Å²) in [6, 6.07) is 12.5. The maximum Gasteiger partial charge on any atom is 0.433 e. The van der Waals surface area contributed by atoms with Crippen molar-refractivity contribution in [2.75, 3.05) is 13.1 Å². The lowest BCUT2D eigenvalue weighted by Crippen LogP contribution is -2.19. The number of likely N-dealkylation sites (tertiary alicyclic amines) is 1. The van der Waals surface area contributed by atoms with Crippen LogP contribution in [0.3, 0.4) is 0 Å². The molecule has 1 fully saturated rings. The van der Waals surface area contributed by atoms with Gasteiger partial charge in [-0.1, -0.05) is 19.1 Å². The number of alkyl halides is 3. The third-order valence-corrected chi connectivity index (χ3v) is 5.92. The van der Waals surface area contributed by atoms with E-state index in [1.165, 1.54) is 0 Å². The first-order valence-electron chi connectivity index (χ1n) is 11.1. The average Bonchev–Trinajstić information content (AvgIpc) is 3.46. The van der Waals surface area contributed by atoms with Crippen molar-refractivity contribution in [3.63, 3.8) is 0 Å². The minimum Gasteiger partial charge on any atom is -0.424 e. The fraction of sp³-hybridized carbons (Fsp3) is 0.333. The van der Waals surface area contributed by atoms with Crippen LogP contribution < -0.4 is 4.74 Å². The highest BCUT2D eigenvalue weighted by Crippen LogP contribution is 2.33. The molecule has 1 aliphatic heterocycles. The van der Waals surface area contributed by atoms with Crippen LogP contribution in [-0.4, -0.2) is 42.6 Å². The van der Waals surface area contributed by atoms with Crippen LogP contribution in [0.25, 0.3) is 5.65 Å². The van der Waals surface area contributed by atoms with Gasteiger partial charge in [0.1, 0.15) is 11.4 Å². The second-order valence-corrected chi connectivity index (χ2v) is 8.32. The minimum atomic E-state index is -4.49. The molecular formula is C24H23F3N6O. The molecule has 4 aromatic rings. The summed E-state index contributed by atoms with van der Waals surface area (Å²) >= 11 is 0. The molecule has 0 amide bonds. The SMILES string of the molecule is CCc1cc(C(F)(F)F)n2nc([C@H]3CCN(Cc4ccc(Oc5ncccn5)cc4)C3)cc2n1. The van der Waals surface area contributed by atoms with Gasteiger partial charge in [-0.3, -0.25) is 4.90 Å². The van der Waals surface area contributed by atoms with E-state index in [-0.39, 0.29) is 11.6 Å². The number of fused-ring (bicyclic) bond motifs is 1. The fourth-order valence-corrected chi connectivity index (χ4v) is 4.21. The molecule has 4 heterocycles. The van der Waals surface area contributed by atoms with Crippen molar-refractivity contribution >= 4 is 5.65 Å². The van der Waals surface area contributed by atoms with Crippen molar-refractivity contribution in [3.05, 3.63) is 77.5 Å². The van der Waals surface area contributed by atoms with Gasteiger partial charge < -0.3 is 4.74 Å². The zero-order chi connectivity index (χ0) is 23.7. The van der Waals surface area contributed by atoms with Gasteiger partial charge in [0.2, 0.25) is 0 Å². The van der Waals surface area contributed by atoms with E-state index >= 15 is 0 Å². The molecule has 176 valence electrons. The van der Waals surface area contributed by atoms with Gasteiger partial charge >= 0.3 is 12.2 Å². The lowest BCUT2D eigenvalue weighted by atomic mass is 10.1. The third kappa shape index (κ3) is 4.72. The number of nitrogens with zero attached hydrogens (tertiary/aromatic N) is 6. The summed E-state index contributed by atoms with van der Waals surface area (Å²) in [5.41, 5.74) is 1.65. The summed E-state index contributed by atoms with van der Waals surface area (Å²) < 4.78 is 47.2. The van der Waals surface area contributed by atoms with Gasteiger partial charge in [0.25, 0.3) is 0 Å². The number of rotatable bonds is 6. The van der Waals surface area contributed by atoms with E-state index in [9.17, 15) is 13.2 Å². The number of benzene rings is 1. The number of aromatic nitrogens is 5. The lowest BCUT2D eigenvalue weighted by Gasteiger charge is -2.16. The molecule has 0 aliphatic carbocycles. The van der Waals surface area contributed by atoms with E-state index in [0.717, 1.165) is 42.2 Å². The molecule has 5 rings (SSSR count). The van der Waals surface area contributed by atoms with Crippen LogP contribution in [0, 0.1) is 0 Å². The molecule has 3 aromatic heterocycles. The predicted octanol–water partition coefficient (Wildman–Crippen LogP) is 4.88. The smallest absolute Gasteiger partial charge is 0.424 e. The Bertz CT molecular complexity index is 1270. The summed E-state index contributed by atoms with van der Waals surface area (Å²) in [5, 5.41) is 4.31. The van der Waals surface area contributed by atoms with Crippen LogP contribution in [0.15, 0.2) is 54.9 Å². The van der Waals surface area contributed by atoms with E-state index in [4.69, 9.17) is 4.74 Å². The van der Waals surface area contributed by atoms with Gasteiger partial charge in [-0.05, 0) is 49.2 Å². The van der Waals surface area contributed by atoms with Gasteiger partial charge in [-0.2, -0.15) is 18.3 Å². The van der Waals surface area contributed by atoms with Crippen LogP contribution in [0.1, 0.15) is 41.9 Å². The van der Waals surface area contributed by atoms with Crippen LogP contribution in [0.4, 0.5) is 13.2 Å². The molecule has 1 aliphatic rings. The molecule has 0 radical (unpaired) electrons. The summed E-state index contributed by atoms with van der Waals surface area (Å²) in [4.78, 5) is 14.7. The quantitative estimate of drug-likeness (QED) is 0.402. The summed E-state index contributed by atoms with van der Waals surface area (Å²) in [5.74, 6) is 0.712. The van der Waals surface area contributed by atoms with Gasteiger partial charge in [0, 0.05) is 43.2 Å². The predicted molar refractivity (Wildman–Crippen MR) is 119 cm³/mol. The van der Waals surface area contributed by atoms with Crippen molar-refractivity contribution in [1.29, 1.82) is 0 Å². The second-order valence-electron chi connectivity index (χ2n) is 8.32. The molecule has 1 atom stereocenters. The second kappa shape index (κ2) is 9.02. The van der Waals surface area contributed by atoms with Crippen molar-refractivity contribution in [1.82, 2.24) is 29.5 Å². The Hall–Kier alpha value is -3.53. The molecule has 34 heavy (non-hydrogen) atoms. The van der Waals surface area contributed by atoms with E-state index in [0.29, 0.717) is 29.6 Å². The summed E-state index contributed by atoms with van der Waals surface area (Å²) in [7, 11) is 0. The Morgan fingerprint density at radius 2 is 1.85 bits per heavy atom. The average molecular weight is 468 g/mol. The zero-order valence-corrected chi connectivity index (χ0v) is 18.5. The van der Waals surface area contributed by atoms with E-state index in [1.54, 1.807) is 31.5 Å². The molecule has 0 spiro atoms. The number of ether oxygens (including phenoxy) is 1. The first-order valence-corrected chi connectivity index (χ1v) is 11.1. The molecule has 0 N–H and O–H groups in total. The van der Waals surface area contributed by atoms with Crippen molar-refractivity contribution in [2.45, 2.75) is 38.4 Å². The summed E-state index contributed by atoms with van der Waals surface area (Å²) in [6.07, 6.45) is 0.00904. The van der Waals surface area contributed by atoms with Gasteiger partial charge in [0.15, 0.2) is 5.65 Å². The van der Waals surface area contributed by atoms with Crippen LogP contribution >= 0.6 is 0 Å². The third-order valence-electron chi connectivity index (χ3n) is 5.92. The molecule has 0 saturated carbocycles. The molecule has 0 bridgehead atoms. The molecule has 7 nitrogen and oxygen atoms in total. The maximum absolute atomic E-state index is 13.6. The standard InChI is InChI=1S/C24H23F3N6O/c1-2-18-12-21(24(25,26)27)33-22(30-18)13-20(31-33)17-8-11-32(15-17)14-16-4-6-19(7-5-16)34-23-28-9-3-10-29-23/h3-7,9-10,12-13,17H,2,8,11,14-15H2,1H3/t17-/m0/s1. The molecule has 0 unspecified atom stereocenters. The first-order chi connectivity index (χ1) is 16.4. The fourth-order valence-electron chi connectivity index (χ4n) is 4.21. The Kier molecular flexibility index (Phi) is 5.91. The zero-order valence-electron chi connectivity index (χ0n) is 18.5. The normalized spacial score (nSPS) is 16.9. The largest absolute Gasteiger partial charge is 0.433 e. The summed E-state index contributed by atoms with van der Waals surface area (Å²) in [6.45, 7) is 4.09. The van der Waals surface area contributed by atoms with Crippen molar-refractivity contribution in [2.24, 2.45) is 0 Å². The molecule has 1 aromatic carbocycles. The van der Waals surface area contributed by atoms with E-state index in [1.807, 2.05) is 24.3 Å². The van der Waals surface area contributed by atoms with Crippen LogP contribution in [0.2, 0.25) is 0 Å². The Labute approximate surface area is 194 Å². The Morgan fingerprint density at radius 3 is 2.56 bits per heavy atom. The highest BCUT2D eigenvalue weighted by atomic mass is 19.4. The Balaban J connectivity index is 1.27. The number of hydrogen-bond donors (Lipinski definition) is 0. The number of aryl methyl sites for hydroxylation is 1. The monoisotopic (exact) mass is 468 g/mol. The molecule has 1 saturated heterocycles. The molecule has 10 heteroatoms. The number of halogens is 3. The van der Waals surface area contributed by atoms with Crippen LogP contribution in [-0.2, 0) is 19.1 Å². The van der Waals surface area contributed by atoms with Crippen LogP contribution in [0.5, 0.6) is 11.8 Å². The highest BCUT2D eigenvalue weighted by Gasteiger charge is 2.36. The Morgan fingerprint density at radius 1 is 1.09 bits per heavy atom. The van der Waals surface area contributed by atoms with Crippen molar-refractivity contribution in [3.8, 4) is 11.8 Å². The van der Waals surface area contributed by atoms with Gasteiger partial charge in [-0.25, -0.2) is 19.5 Å². The van der Waals surface area contributed by atoms with E-state index in [2.05, 4.69) is 25.0 Å². The topological polar surface area (TPSA) is 68.4 Å². The van der Waals surface area contributed by atoms with Crippen molar-refractivity contribution < 1.29 is 17.9 Å². The first kappa shape index (κ1) is 22.3. The minimum absolute atomic E-state index is 0.0608. The maximum atomic E-state index is 13.6. The van der Waals surface area contributed by atoms with Gasteiger partial charge in [-0.15, -0.1) is 0 Å². The molecular weight excluding hydrogens is 445 g/mol. The van der Waals surface area contributed by atoms with Gasteiger partial charge in [0.05, 0.1) is 5.69 Å². The number of hydrogen-bond acceptors (Lipinski definition) is 6. The van der Waals surface area contributed by atoms with E-state index < -0.39 is 11.9 Å². The lowest BCUT2D eigenvalue weighted by molar-refractivity contribution is -0.142.